The predicted octanol–water partition coefficient (Wildman–Crippen LogP) is 9.06. The smallest absolute Gasteiger partial charge is 0.139 e. The van der Waals surface area contributed by atoms with Gasteiger partial charge in [0.1, 0.15) is 7.85 Å². The van der Waals surface area contributed by atoms with Gasteiger partial charge in [-0.25, -0.2) is 0 Å². The summed E-state index contributed by atoms with van der Waals surface area (Å²) < 4.78 is 0. The third kappa shape index (κ3) is 4.46. The van der Waals surface area contributed by atoms with Crippen molar-refractivity contribution in [1.82, 2.24) is 0 Å². The van der Waals surface area contributed by atoms with E-state index in [4.69, 9.17) is 0 Å². The number of rotatable bonds is 5. The highest BCUT2D eigenvalue weighted by atomic mass is 15.1. The number of anilines is 3. The quantitative estimate of drug-likeness (QED) is 0.203. The predicted molar refractivity (Wildman–Crippen MR) is 178 cm³/mol. The summed E-state index contributed by atoms with van der Waals surface area (Å²) in [4.78, 5) is 2.39. The Morgan fingerprint density at radius 2 is 1.00 bits per heavy atom. The molecule has 0 bridgehead atoms. The second-order valence-corrected chi connectivity index (χ2v) is 11.6. The molecular weight excluding hydrogens is 493 g/mol. The van der Waals surface area contributed by atoms with Gasteiger partial charge in [-0.2, -0.15) is 0 Å². The van der Waals surface area contributed by atoms with Crippen molar-refractivity contribution in [3.8, 4) is 33.4 Å². The zero-order chi connectivity index (χ0) is 28.0. The Kier molecular flexibility index (Phi) is 6.13. The maximum absolute atomic E-state index is 2.40. The largest absolute Gasteiger partial charge is 0.310 e. The van der Waals surface area contributed by atoms with Crippen LogP contribution in [0.25, 0.3) is 33.4 Å². The van der Waals surface area contributed by atoms with E-state index in [1.54, 1.807) is 0 Å². The number of fused-ring (bicyclic) bond motifs is 3. The average Bonchev–Trinajstić information content (AvgIpc) is 3.25. The van der Waals surface area contributed by atoms with Gasteiger partial charge in [0.05, 0.1) is 0 Å². The fourth-order valence-corrected chi connectivity index (χ4v) is 6.28. The molecule has 0 saturated carbocycles. The summed E-state index contributed by atoms with van der Waals surface area (Å²) in [6.45, 7) is 4.69. The van der Waals surface area contributed by atoms with Crippen LogP contribution in [0.5, 0.6) is 0 Å². The van der Waals surface area contributed by atoms with Gasteiger partial charge in [0, 0.05) is 22.5 Å². The molecule has 1 aliphatic rings. The van der Waals surface area contributed by atoms with Crippen LogP contribution in [0.2, 0.25) is 0 Å². The Bertz CT molecular complexity index is 1850. The molecule has 0 atom stereocenters. The monoisotopic (exact) mass is 525 g/mol. The first-order chi connectivity index (χ1) is 20.0. The molecule has 7 rings (SSSR count). The second-order valence-electron chi connectivity index (χ2n) is 11.6. The number of hydrogen-bond donors (Lipinski definition) is 0. The van der Waals surface area contributed by atoms with Gasteiger partial charge >= 0.3 is 0 Å². The molecule has 0 unspecified atom stereocenters. The highest BCUT2D eigenvalue weighted by Crippen LogP contribution is 2.50. The van der Waals surface area contributed by atoms with Crippen molar-refractivity contribution in [3.05, 3.63) is 157 Å². The van der Waals surface area contributed by atoms with E-state index in [-0.39, 0.29) is 5.41 Å². The molecule has 0 N–H and O–H groups in total. The summed E-state index contributed by atoms with van der Waals surface area (Å²) in [5.41, 5.74) is 15.0. The first-order valence-electron chi connectivity index (χ1n) is 14.4. The first kappa shape index (κ1) is 25.2. The van der Waals surface area contributed by atoms with Crippen LogP contribution in [0.1, 0.15) is 25.0 Å². The fourth-order valence-electron chi connectivity index (χ4n) is 6.28. The molecule has 41 heavy (non-hydrogen) atoms. The van der Waals surface area contributed by atoms with Crippen LogP contribution in [0.15, 0.2) is 146 Å². The second kappa shape index (κ2) is 9.98. The van der Waals surface area contributed by atoms with Crippen molar-refractivity contribution < 1.29 is 0 Å². The highest BCUT2D eigenvalue weighted by molar-refractivity contribution is 6.32. The summed E-state index contributed by atoms with van der Waals surface area (Å²) in [5, 5.41) is 0. The van der Waals surface area contributed by atoms with E-state index < -0.39 is 0 Å². The maximum Gasteiger partial charge on any atom is 0.139 e. The Labute approximate surface area is 244 Å². The topological polar surface area (TPSA) is 3.24 Å². The molecule has 196 valence electrons. The van der Waals surface area contributed by atoms with Gasteiger partial charge in [0.25, 0.3) is 0 Å². The summed E-state index contributed by atoms with van der Waals surface area (Å²) in [6.07, 6.45) is 0. The molecule has 1 aliphatic carbocycles. The average molecular weight is 526 g/mol. The van der Waals surface area contributed by atoms with Crippen molar-refractivity contribution in [2.24, 2.45) is 0 Å². The van der Waals surface area contributed by atoms with E-state index >= 15 is 0 Å². The van der Waals surface area contributed by atoms with Crippen molar-refractivity contribution >= 4 is 30.4 Å². The normalized spacial score (nSPS) is 12.9. The van der Waals surface area contributed by atoms with E-state index in [0.717, 1.165) is 17.1 Å². The third-order valence-electron chi connectivity index (χ3n) is 8.55. The van der Waals surface area contributed by atoms with Crippen molar-refractivity contribution in [3.63, 3.8) is 0 Å². The fraction of sp³-hybridized carbons (Fsp3) is 0.0769. The number of benzene rings is 6. The molecule has 6 aromatic rings. The SMILES string of the molecule is Bc1ccc(-c2cccc(N(c3ccc(-c4ccccc4)cc3)c3ccc4c(c3)C(C)(C)c3ccccc3-4)c2)cc1. The molecule has 0 saturated heterocycles. The summed E-state index contributed by atoms with van der Waals surface area (Å²) in [6, 6.07) is 53.0. The van der Waals surface area contributed by atoms with E-state index in [9.17, 15) is 0 Å². The van der Waals surface area contributed by atoms with Crippen molar-refractivity contribution in [1.29, 1.82) is 0 Å². The maximum atomic E-state index is 2.40. The van der Waals surface area contributed by atoms with Crippen molar-refractivity contribution in [2.75, 3.05) is 4.90 Å². The Morgan fingerprint density at radius 1 is 0.439 bits per heavy atom. The minimum Gasteiger partial charge on any atom is -0.310 e. The van der Waals surface area contributed by atoms with Crippen LogP contribution < -0.4 is 10.4 Å². The lowest BCUT2D eigenvalue weighted by Crippen LogP contribution is -2.16. The Hall–Kier alpha value is -4.82. The lowest BCUT2D eigenvalue weighted by molar-refractivity contribution is 0.660. The molecule has 0 radical (unpaired) electrons. The van der Waals surface area contributed by atoms with E-state index in [2.05, 4.69) is 172 Å². The van der Waals surface area contributed by atoms with Gasteiger partial charge in [-0.3, -0.25) is 0 Å². The summed E-state index contributed by atoms with van der Waals surface area (Å²) >= 11 is 0. The van der Waals surface area contributed by atoms with E-state index in [1.165, 1.54) is 50.0 Å². The molecule has 0 fully saturated rings. The molecule has 6 aromatic carbocycles. The van der Waals surface area contributed by atoms with Gasteiger partial charge in [0.2, 0.25) is 0 Å². The molecule has 0 amide bonds. The van der Waals surface area contributed by atoms with Crippen LogP contribution in [0.3, 0.4) is 0 Å². The highest BCUT2D eigenvalue weighted by Gasteiger charge is 2.35. The molecule has 0 aliphatic heterocycles. The van der Waals surface area contributed by atoms with Gasteiger partial charge in [-0.1, -0.05) is 129 Å². The summed E-state index contributed by atoms with van der Waals surface area (Å²) in [5.74, 6) is 0. The van der Waals surface area contributed by atoms with Gasteiger partial charge in [0.15, 0.2) is 0 Å². The molecule has 0 aromatic heterocycles. The lowest BCUT2D eigenvalue weighted by atomic mass is 9.82. The van der Waals surface area contributed by atoms with Crippen LogP contribution in [-0.4, -0.2) is 7.85 Å². The number of hydrogen-bond acceptors (Lipinski definition) is 1. The molecule has 2 heteroatoms. The molecule has 0 spiro atoms. The molecule has 1 nitrogen and oxygen atoms in total. The minimum absolute atomic E-state index is 0.0610. The lowest BCUT2D eigenvalue weighted by Gasteiger charge is -2.28. The Morgan fingerprint density at radius 3 is 1.78 bits per heavy atom. The zero-order valence-corrected chi connectivity index (χ0v) is 23.8. The number of nitrogens with zero attached hydrogens (tertiary/aromatic N) is 1. The third-order valence-corrected chi connectivity index (χ3v) is 8.55. The molecule has 0 heterocycles. The Balaban J connectivity index is 1.37. The van der Waals surface area contributed by atoms with E-state index in [1.807, 2.05) is 0 Å². The van der Waals surface area contributed by atoms with E-state index in [0.29, 0.717) is 0 Å². The molecular formula is C39H32BN. The zero-order valence-electron chi connectivity index (χ0n) is 23.8. The van der Waals surface area contributed by atoms with Gasteiger partial charge < -0.3 is 4.90 Å². The standard InChI is InChI=1S/C39H32BN/c1-39(2)37-14-7-6-13-35(37)36-24-23-34(26-38(36)39)41(32-21-17-28(18-22-32)27-9-4-3-5-10-27)33-12-8-11-30(25-33)29-15-19-31(40)20-16-29/h3-26H,40H2,1-2H3. The van der Waals surface area contributed by atoms with Crippen LogP contribution >= 0.6 is 0 Å². The first-order valence-corrected chi connectivity index (χ1v) is 14.4. The van der Waals surface area contributed by atoms with Gasteiger partial charge in [-0.05, 0) is 80.9 Å². The minimum atomic E-state index is -0.0610. The van der Waals surface area contributed by atoms with Crippen LogP contribution in [0, 0.1) is 0 Å². The van der Waals surface area contributed by atoms with Crippen LogP contribution in [0.4, 0.5) is 17.1 Å². The summed E-state index contributed by atoms with van der Waals surface area (Å²) in [7, 11) is 2.13. The van der Waals surface area contributed by atoms with Crippen molar-refractivity contribution in [2.45, 2.75) is 19.3 Å². The van der Waals surface area contributed by atoms with Gasteiger partial charge in [-0.15, -0.1) is 0 Å². The van der Waals surface area contributed by atoms with Crippen LogP contribution in [-0.2, 0) is 5.41 Å².